The van der Waals surface area contributed by atoms with E-state index in [-0.39, 0.29) is 16.4 Å². The van der Waals surface area contributed by atoms with Gasteiger partial charge in [0, 0.05) is 22.4 Å². The smallest absolute Gasteiger partial charge is 0.282 e. The molecule has 0 aliphatic carbocycles. The van der Waals surface area contributed by atoms with E-state index >= 15 is 0 Å². The summed E-state index contributed by atoms with van der Waals surface area (Å²) in [6.07, 6.45) is 0. The number of hydrogen-bond donors (Lipinski definition) is 1. The quantitative estimate of drug-likeness (QED) is 0.333. The number of rotatable bonds is 6. The van der Waals surface area contributed by atoms with Crippen molar-refractivity contribution in [3.05, 3.63) is 129 Å². The molecule has 0 saturated carbocycles. The molecule has 1 N–H and O–H groups in total. The van der Waals surface area contributed by atoms with Crippen molar-refractivity contribution >= 4 is 11.5 Å². The van der Waals surface area contributed by atoms with Crippen LogP contribution in [0, 0.1) is 10.1 Å². The summed E-state index contributed by atoms with van der Waals surface area (Å²) in [6.45, 7) is 1.78. The molecule has 0 bridgehead atoms. The molecule has 1 aliphatic rings. The second-order valence-electron chi connectivity index (χ2n) is 7.45. The molecule has 1 unspecified atom stereocenters. The molecule has 0 amide bonds. The lowest BCUT2D eigenvalue weighted by Crippen LogP contribution is -2.31. The van der Waals surface area contributed by atoms with Crippen molar-refractivity contribution in [3.8, 4) is 5.75 Å². The minimum absolute atomic E-state index is 0.0511. The molecule has 1 heterocycles. The molecule has 6 heteroatoms. The number of carbonyl (C=O) groups is 1. The van der Waals surface area contributed by atoms with Crippen LogP contribution < -0.4 is 10.1 Å². The van der Waals surface area contributed by atoms with Gasteiger partial charge in [-0.2, -0.15) is 0 Å². The highest BCUT2D eigenvalue weighted by molar-refractivity contribution is 6.11. The predicted octanol–water partition coefficient (Wildman–Crippen LogP) is 5.18. The maximum atomic E-state index is 13.6. The number of Topliss-reactive ketones (excluding diaryl/α,β-unsaturated/α-hetero) is 1. The van der Waals surface area contributed by atoms with Gasteiger partial charge in [-0.1, -0.05) is 60.7 Å². The van der Waals surface area contributed by atoms with Gasteiger partial charge in [0.2, 0.25) is 0 Å². The summed E-state index contributed by atoms with van der Waals surface area (Å²) in [5.41, 5.74) is 3.10. The molecular formula is C26H22N2O4. The molecule has 32 heavy (non-hydrogen) atoms. The molecule has 3 aromatic rings. The number of hydrogen-bond acceptors (Lipinski definition) is 5. The Morgan fingerprint density at radius 1 is 0.938 bits per heavy atom. The van der Waals surface area contributed by atoms with Gasteiger partial charge >= 0.3 is 0 Å². The Hall–Kier alpha value is -4.19. The Balaban J connectivity index is 1.91. The molecule has 4 rings (SSSR count). The van der Waals surface area contributed by atoms with Crippen LogP contribution in [0.15, 0.2) is 102 Å². The monoisotopic (exact) mass is 426 g/mol. The average Bonchev–Trinajstić information content (AvgIpc) is 2.84. The summed E-state index contributed by atoms with van der Waals surface area (Å²) in [6, 6.07) is 25.0. The maximum Gasteiger partial charge on any atom is 0.282 e. The van der Waals surface area contributed by atoms with Crippen LogP contribution in [0.4, 0.5) is 0 Å². The molecule has 0 saturated heterocycles. The number of ether oxygens (including phenoxy) is 1. The Morgan fingerprint density at radius 2 is 1.53 bits per heavy atom. The van der Waals surface area contributed by atoms with Gasteiger partial charge < -0.3 is 10.1 Å². The van der Waals surface area contributed by atoms with E-state index in [0.29, 0.717) is 39.4 Å². The van der Waals surface area contributed by atoms with E-state index in [1.165, 1.54) is 0 Å². The lowest BCUT2D eigenvalue weighted by molar-refractivity contribution is -0.428. The highest BCUT2D eigenvalue weighted by atomic mass is 16.6. The minimum atomic E-state index is -0.822. The number of carbonyl (C=O) groups excluding carboxylic acids is 1. The number of allylic oxidation sites excluding steroid dienone is 2. The Kier molecular flexibility index (Phi) is 5.85. The highest BCUT2D eigenvalue weighted by Crippen LogP contribution is 2.42. The highest BCUT2D eigenvalue weighted by Gasteiger charge is 2.41. The fourth-order valence-corrected chi connectivity index (χ4v) is 4.01. The standard InChI is InChI=1S/C26H22N2O4/c1-17-22(26(29)20-13-15-21(32-2)16-14-20)23(18-9-5-3-6-10-18)25(28(30)31)24(27-17)19-11-7-4-8-12-19/h3-16,23,27H,1-2H3. The van der Waals surface area contributed by atoms with E-state index < -0.39 is 5.92 Å². The van der Waals surface area contributed by atoms with E-state index in [0.717, 1.165) is 0 Å². The van der Waals surface area contributed by atoms with Gasteiger partial charge in [-0.05, 0) is 36.8 Å². The molecule has 0 spiro atoms. The number of methoxy groups -OCH3 is 1. The summed E-state index contributed by atoms with van der Waals surface area (Å²) >= 11 is 0. The number of nitro groups is 1. The minimum Gasteiger partial charge on any atom is -0.497 e. The van der Waals surface area contributed by atoms with Gasteiger partial charge in [-0.3, -0.25) is 14.9 Å². The van der Waals surface area contributed by atoms with E-state index in [4.69, 9.17) is 4.74 Å². The van der Waals surface area contributed by atoms with Crippen LogP contribution in [0.5, 0.6) is 5.75 Å². The van der Waals surface area contributed by atoms with Gasteiger partial charge in [0.1, 0.15) is 17.4 Å². The first kappa shape index (κ1) is 21.1. The van der Waals surface area contributed by atoms with Crippen LogP contribution in [0.25, 0.3) is 5.70 Å². The SMILES string of the molecule is COc1ccc(C(=O)C2=C(C)NC(c3ccccc3)=C([N+](=O)[O-])C2c2ccccc2)cc1. The summed E-state index contributed by atoms with van der Waals surface area (Å²) in [4.78, 5) is 25.6. The maximum absolute atomic E-state index is 13.6. The fourth-order valence-electron chi connectivity index (χ4n) is 4.01. The summed E-state index contributed by atoms with van der Waals surface area (Å²) < 4.78 is 5.19. The summed E-state index contributed by atoms with van der Waals surface area (Å²) in [5, 5.41) is 15.5. The number of ketones is 1. The van der Waals surface area contributed by atoms with Crippen molar-refractivity contribution in [2.75, 3.05) is 7.11 Å². The van der Waals surface area contributed by atoms with Crippen LogP contribution in [-0.2, 0) is 0 Å². The number of dihydropyridines is 1. The van der Waals surface area contributed by atoms with Gasteiger partial charge in [0.25, 0.3) is 5.70 Å². The van der Waals surface area contributed by atoms with Crippen molar-refractivity contribution in [1.29, 1.82) is 0 Å². The Labute approximate surface area is 186 Å². The lowest BCUT2D eigenvalue weighted by Gasteiger charge is -2.28. The first-order chi connectivity index (χ1) is 15.5. The predicted molar refractivity (Wildman–Crippen MR) is 123 cm³/mol. The van der Waals surface area contributed by atoms with Gasteiger partial charge in [0.05, 0.1) is 12.0 Å². The molecule has 1 aliphatic heterocycles. The molecule has 1 atom stereocenters. The zero-order valence-electron chi connectivity index (χ0n) is 17.7. The van der Waals surface area contributed by atoms with Crippen LogP contribution in [0.1, 0.15) is 34.3 Å². The van der Waals surface area contributed by atoms with E-state index in [2.05, 4.69) is 5.32 Å². The first-order valence-electron chi connectivity index (χ1n) is 10.2. The summed E-state index contributed by atoms with van der Waals surface area (Å²) in [7, 11) is 1.55. The number of nitrogens with zero attached hydrogens (tertiary/aromatic N) is 1. The fraction of sp³-hybridized carbons (Fsp3) is 0.115. The third kappa shape index (κ3) is 3.90. The molecular weight excluding hydrogens is 404 g/mol. The van der Waals surface area contributed by atoms with Crippen molar-refractivity contribution in [3.63, 3.8) is 0 Å². The largest absolute Gasteiger partial charge is 0.497 e. The Morgan fingerprint density at radius 3 is 2.09 bits per heavy atom. The topological polar surface area (TPSA) is 81.5 Å². The van der Waals surface area contributed by atoms with Gasteiger partial charge in [-0.15, -0.1) is 0 Å². The number of nitrogens with one attached hydrogen (secondary N) is 1. The van der Waals surface area contributed by atoms with Gasteiger partial charge in [0.15, 0.2) is 5.78 Å². The normalized spacial score (nSPS) is 15.9. The molecule has 6 nitrogen and oxygen atoms in total. The average molecular weight is 426 g/mol. The van der Waals surface area contributed by atoms with Crippen molar-refractivity contribution < 1.29 is 14.5 Å². The molecule has 3 aromatic carbocycles. The van der Waals surface area contributed by atoms with Crippen LogP contribution in [0.3, 0.4) is 0 Å². The zero-order valence-corrected chi connectivity index (χ0v) is 17.7. The third-order valence-corrected chi connectivity index (χ3v) is 5.52. The van der Waals surface area contributed by atoms with Crippen molar-refractivity contribution in [1.82, 2.24) is 5.32 Å². The molecule has 0 radical (unpaired) electrons. The third-order valence-electron chi connectivity index (χ3n) is 5.52. The van der Waals surface area contributed by atoms with Gasteiger partial charge in [-0.25, -0.2) is 0 Å². The number of benzene rings is 3. The zero-order chi connectivity index (χ0) is 22.7. The second kappa shape index (κ2) is 8.89. The molecule has 0 fully saturated rings. The first-order valence-corrected chi connectivity index (χ1v) is 10.2. The van der Waals surface area contributed by atoms with Crippen molar-refractivity contribution in [2.24, 2.45) is 0 Å². The van der Waals surface area contributed by atoms with Crippen LogP contribution in [0.2, 0.25) is 0 Å². The van der Waals surface area contributed by atoms with E-state index in [9.17, 15) is 14.9 Å². The lowest BCUT2D eigenvalue weighted by atomic mass is 9.79. The Bertz CT molecular complexity index is 1210. The van der Waals surface area contributed by atoms with E-state index in [1.807, 2.05) is 60.7 Å². The summed E-state index contributed by atoms with van der Waals surface area (Å²) in [5.74, 6) is -0.457. The van der Waals surface area contributed by atoms with Crippen molar-refractivity contribution in [2.45, 2.75) is 12.8 Å². The van der Waals surface area contributed by atoms with Crippen LogP contribution >= 0.6 is 0 Å². The second-order valence-corrected chi connectivity index (χ2v) is 7.45. The van der Waals surface area contributed by atoms with Crippen LogP contribution in [-0.4, -0.2) is 17.8 Å². The molecule has 160 valence electrons. The van der Waals surface area contributed by atoms with E-state index in [1.54, 1.807) is 38.3 Å². The molecule has 0 aromatic heterocycles.